The van der Waals surface area contributed by atoms with Crippen LogP contribution in [0.3, 0.4) is 0 Å². The van der Waals surface area contributed by atoms with E-state index in [2.05, 4.69) is 10.6 Å². The smallest absolute Gasteiger partial charge is 0.407 e. The summed E-state index contributed by atoms with van der Waals surface area (Å²) in [7, 11) is 0. The maximum absolute atomic E-state index is 12.0. The molecular weight excluding hydrogens is 278 g/mol. The number of hydrogen-bond donors (Lipinski definition) is 2. The molecule has 0 aromatic carbocycles. The summed E-state index contributed by atoms with van der Waals surface area (Å²) in [5.41, 5.74) is -0.611. The minimum atomic E-state index is -0.697. The Labute approximate surface area is 123 Å². The van der Waals surface area contributed by atoms with E-state index in [1.54, 1.807) is 27.7 Å². The monoisotopic (exact) mass is 299 g/mol. The Morgan fingerprint density at radius 2 is 2.00 bits per heavy atom. The molecule has 0 spiro atoms. The van der Waals surface area contributed by atoms with Gasteiger partial charge in [-0.3, -0.25) is 19.7 Å². The van der Waals surface area contributed by atoms with Crippen LogP contribution >= 0.6 is 0 Å². The van der Waals surface area contributed by atoms with Crippen LogP contribution in [0.15, 0.2) is 0 Å². The zero-order valence-corrected chi connectivity index (χ0v) is 12.7. The summed E-state index contributed by atoms with van der Waals surface area (Å²) < 4.78 is 5.03. The zero-order valence-electron chi connectivity index (χ0n) is 12.7. The van der Waals surface area contributed by atoms with Gasteiger partial charge in [0.25, 0.3) is 0 Å². The van der Waals surface area contributed by atoms with Gasteiger partial charge in [-0.05, 0) is 27.7 Å². The largest absolute Gasteiger partial charge is 0.444 e. The normalized spacial score (nSPS) is 19.0. The van der Waals surface area contributed by atoms with Gasteiger partial charge in [0, 0.05) is 13.0 Å². The lowest BCUT2D eigenvalue weighted by Gasteiger charge is -2.31. The Balaban J connectivity index is 2.41. The van der Waals surface area contributed by atoms with Crippen molar-refractivity contribution in [2.75, 3.05) is 13.1 Å². The van der Waals surface area contributed by atoms with E-state index in [1.807, 2.05) is 0 Å². The number of hydrogen-bond acceptors (Lipinski definition) is 5. The van der Waals surface area contributed by atoms with Gasteiger partial charge in [-0.2, -0.15) is 0 Å². The van der Waals surface area contributed by atoms with Gasteiger partial charge in [-0.25, -0.2) is 4.79 Å². The Morgan fingerprint density at radius 1 is 1.38 bits per heavy atom. The van der Waals surface area contributed by atoms with Crippen molar-refractivity contribution in [1.82, 2.24) is 15.5 Å². The molecule has 0 radical (unpaired) electrons. The standard InChI is InChI=1S/C13H21N3O5/c1-8-11(19)15-9(17)7-16(8)10(18)5-6-14-12(20)21-13(2,3)4/h8H,5-7H2,1-4H3,(H,14,20)(H,15,17,19). The third kappa shape index (κ3) is 5.41. The van der Waals surface area contributed by atoms with Gasteiger partial charge in [0.05, 0.1) is 0 Å². The van der Waals surface area contributed by atoms with Crippen LogP contribution in [0.1, 0.15) is 34.1 Å². The van der Waals surface area contributed by atoms with Crippen molar-refractivity contribution in [3.63, 3.8) is 0 Å². The Hall–Kier alpha value is -2.12. The predicted octanol–water partition coefficient (Wildman–Crippen LogP) is -0.225. The van der Waals surface area contributed by atoms with Crippen LogP contribution in [0.4, 0.5) is 4.79 Å². The van der Waals surface area contributed by atoms with E-state index < -0.39 is 29.6 Å². The molecule has 21 heavy (non-hydrogen) atoms. The molecule has 8 nitrogen and oxygen atoms in total. The minimum Gasteiger partial charge on any atom is -0.444 e. The van der Waals surface area contributed by atoms with E-state index in [0.29, 0.717) is 0 Å². The molecule has 1 aliphatic rings. The van der Waals surface area contributed by atoms with E-state index in [-0.39, 0.29) is 25.4 Å². The van der Waals surface area contributed by atoms with E-state index in [9.17, 15) is 19.2 Å². The molecule has 1 aliphatic heterocycles. The topological polar surface area (TPSA) is 105 Å². The summed E-state index contributed by atoms with van der Waals surface area (Å²) in [6, 6.07) is -0.697. The molecule has 1 rings (SSSR count). The fraction of sp³-hybridized carbons (Fsp3) is 0.692. The second kappa shape index (κ2) is 6.55. The first-order chi connectivity index (χ1) is 9.60. The van der Waals surface area contributed by atoms with Crippen molar-refractivity contribution in [1.29, 1.82) is 0 Å². The Kier molecular flexibility index (Phi) is 5.28. The molecule has 1 fully saturated rings. The van der Waals surface area contributed by atoms with E-state index >= 15 is 0 Å². The van der Waals surface area contributed by atoms with Gasteiger partial charge in [0.2, 0.25) is 17.7 Å². The third-order valence-corrected chi connectivity index (χ3v) is 2.75. The molecular formula is C13H21N3O5. The number of nitrogens with one attached hydrogen (secondary N) is 2. The van der Waals surface area contributed by atoms with Crippen molar-refractivity contribution >= 4 is 23.8 Å². The molecule has 1 unspecified atom stereocenters. The Morgan fingerprint density at radius 3 is 2.57 bits per heavy atom. The van der Waals surface area contributed by atoms with Crippen LogP contribution in [-0.4, -0.2) is 53.4 Å². The summed E-state index contributed by atoms with van der Waals surface area (Å²) >= 11 is 0. The number of rotatable bonds is 3. The van der Waals surface area contributed by atoms with Crippen LogP contribution in [-0.2, 0) is 19.1 Å². The molecule has 0 saturated carbocycles. The van der Waals surface area contributed by atoms with Gasteiger partial charge in [0.15, 0.2) is 0 Å². The van der Waals surface area contributed by atoms with Gasteiger partial charge in [-0.1, -0.05) is 0 Å². The minimum absolute atomic E-state index is 0.00978. The second-order valence-corrected chi connectivity index (χ2v) is 5.79. The molecule has 4 amide bonds. The van der Waals surface area contributed by atoms with Crippen LogP contribution < -0.4 is 10.6 Å². The van der Waals surface area contributed by atoms with Crippen LogP contribution in [0.2, 0.25) is 0 Å². The molecule has 0 aliphatic carbocycles. The summed E-state index contributed by atoms with van der Waals surface area (Å²) in [5.74, 6) is -1.38. The number of carbonyl (C=O) groups is 4. The molecule has 1 atom stereocenters. The first-order valence-electron chi connectivity index (χ1n) is 6.70. The maximum Gasteiger partial charge on any atom is 0.407 e. The fourth-order valence-corrected chi connectivity index (χ4v) is 1.75. The number of carbonyl (C=O) groups excluding carboxylic acids is 4. The fourth-order valence-electron chi connectivity index (χ4n) is 1.75. The van der Waals surface area contributed by atoms with Gasteiger partial charge < -0.3 is 15.0 Å². The average Bonchev–Trinajstić information content (AvgIpc) is 2.31. The Bertz CT molecular complexity index is 455. The number of nitrogens with zero attached hydrogens (tertiary/aromatic N) is 1. The molecule has 1 heterocycles. The molecule has 0 bridgehead atoms. The number of amides is 4. The van der Waals surface area contributed by atoms with Gasteiger partial charge in [-0.15, -0.1) is 0 Å². The SMILES string of the molecule is CC1C(=O)NC(=O)CN1C(=O)CCNC(=O)OC(C)(C)C. The van der Waals surface area contributed by atoms with Crippen LogP contribution in [0.25, 0.3) is 0 Å². The predicted molar refractivity (Wildman–Crippen MR) is 73.2 cm³/mol. The number of ether oxygens (including phenoxy) is 1. The molecule has 2 N–H and O–H groups in total. The van der Waals surface area contributed by atoms with E-state index in [1.165, 1.54) is 4.90 Å². The molecule has 0 aromatic heterocycles. The highest BCUT2D eigenvalue weighted by atomic mass is 16.6. The molecule has 118 valence electrons. The molecule has 1 saturated heterocycles. The number of piperazine rings is 1. The van der Waals surface area contributed by atoms with Crippen molar-refractivity contribution in [2.45, 2.75) is 45.8 Å². The van der Waals surface area contributed by atoms with E-state index in [4.69, 9.17) is 4.74 Å². The van der Waals surface area contributed by atoms with Crippen LogP contribution in [0.5, 0.6) is 0 Å². The average molecular weight is 299 g/mol. The molecule has 8 heteroatoms. The van der Waals surface area contributed by atoms with Gasteiger partial charge in [0.1, 0.15) is 18.2 Å². The third-order valence-electron chi connectivity index (χ3n) is 2.75. The summed E-state index contributed by atoms with van der Waals surface area (Å²) in [4.78, 5) is 47.3. The summed E-state index contributed by atoms with van der Waals surface area (Å²) in [6.07, 6.45) is -0.625. The lowest BCUT2D eigenvalue weighted by Crippen LogP contribution is -2.58. The lowest BCUT2D eigenvalue weighted by atomic mass is 10.2. The van der Waals surface area contributed by atoms with Crippen LogP contribution in [0, 0.1) is 0 Å². The quantitative estimate of drug-likeness (QED) is 0.701. The number of imide groups is 1. The van der Waals surface area contributed by atoms with E-state index in [0.717, 1.165) is 0 Å². The first-order valence-corrected chi connectivity index (χ1v) is 6.70. The highest BCUT2D eigenvalue weighted by Crippen LogP contribution is 2.08. The maximum atomic E-state index is 12.0. The van der Waals surface area contributed by atoms with Crippen molar-refractivity contribution in [3.05, 3.63) is 0 Å². The summed E-state index contributed by atoms with van der Waals surface area (Å²) in [5, 5.41) is 4.60. The number of alkyl carbamates (subject to hydrolysis) is 1. The van der Waals surface area contributed by atoms with Crippen molar-refractivity contribution in [2.24, 2.45) is 0 Å². The highest BCUT2D eigenvalue weighted by Gasteiger charge is 2.33. The zero-order chi connectivity index (χ0) is 16.2. The van der Waals surface area contributed by atoms with Gasteiger partial charge >= 0.3 is 6.09 Å². The summed E-state index contributed by atoms with van der Waals surface area (Å²) in [6.45, 7) is 6.66. The molecule has 0 aromatic rings. The first kappa shape index (κ1) is 16.9. The highest BCUT2D eigenvalue weighted by molar-refractivity contribution is 6.04. The lowest BCUT2D eigenvalue weighted by molar-refractivity contribution is -0.149. The van der Waals surface area contributed by atoms with Crippen molar-refractivity contribution in [3.8, 4) is 0 Å². The second-order valence-electron chi connectivity index (χ2n) is 5.79. The van der Waals surface area contributed by atoms with Crippen molar-refractivity contribution < 1.29 is 23.9 Å².